The largest absolute Gasteiger partial charge is 0.479 e. The Balaban J connectivity index is 1.82. The monoisotopic (exact) mass is 352 g/mol. The summed E-state index contributed by atoms with van der Waals surface area (Å²) in [6, 6.07) is 5.84. The lowest BCUT2D eigenvalue weighted by molar-refractivity contribution is -0.150. The van der Waals surface area contributed by atoms with E-state index < -0.39 is 18.2 Å². The molecule has 2 aromatic rings. The minimum atomic E-state index is -0.960. The third-order valence-electron chi connectivity index (χ3n) is 3.38. The zero-order valence-corrected chi connectivity index (χ0v) is 12.8. The summed E-state index contributed by atoms with van der Waals surface area (Å²) in [5.74, 6) is -0.181. The number of carboxylic acids is 1. The lowest BCUT2D eigenvalue weighted by Crippen LogP contribution is -2.18. The van der Waals surface area contributed by atoms with Gasteiger partial charge in [-0.3, -0.25) is 0 Å². The SMILES string of the molecule is Cc1ccc(-c2noc(C3CCC(C(=O)O)O3)n2)c(Br)c1. The molecule has 0 bridgehead atoms. The third-order valence-corrected chi connectivity index (χ3v) is 4.03. The van der Waals surface area contributed by atoms with Gasteiger partial charge in [0.15, 0.2) is 6.10 Å². The molecule has 7 heteroatoms. The van der Waals surface area contributed by atoms with Crippen molar-refractivity contribution in [3.63, 3.8) is 0 Å². The molecule has 1 aromatic heterocycles. The number of aliphatic carboxylic acids is 1. The molecule has 0 amide bonds. The quantitative estimate of drug-likeness (QED) is 0.913. The van der Waals surface area contributed by atoms with Crippen LogP contribution < -0.4 is 0 Å². The molecule has 1 aromatic carbocycles. The van der Waals surface area contributed by atoms with Gasteiger partial charge in [-0.15, -0.1) is 0 Å². The summed E-state index contributed by atoms with van der Waals surface area (Å²) in [5, 5.41) is 12.9. The number of benzene rings is 1. The molecule has 2 heterocycles. The first kappa shape index (κ1) is 14.2. The van der Waals surface area contributed by atoms with E-state index in [0.29, 0.717) is 24.6 Å². The van der Waals surface area contributed by atoms with E-state index in [4.69, 9.17) is 14.4 Å². The topological polar surface area (TPSA) is 85.5 Å². The van der Waals surface area contributed by atoms with Gasteiger partial charge in [0, 0.05) is 10.0 Å². The van der Waals surface area contributed by atoms with Gasteiger partial charge >= 0.3 is 5.97 Å². The molecule has 1 aliphatic heterocycles. The van der Waals surface area contributed by atoms with Gasteiger partial charge in [-0.05, 0) is 37.5 Å². The number of carbonyl (C=O) groups is 1. The van der Waals surface area contributed by atoms with E-state index in [9.17, 15) is 4.79 Å². The average molecular weight is 353 g/mol. The summed E-state index contributed by atoms with van der Waals surface area (Å²) in [5.41, 5.74) is 1.95. The highest BCUT2D eigenvalue weighted by atomic mass is 79.9. The van der Waals surface area contributed by atoms with E-state index in [1.54, 1.807) is 0 Å². The molecular formula is C14H13BrN2O4. The number of carboxylic acid groups (broad SMARTS) is 1. The fraction of sp³-hybridized carbons (Fsp3) is 0.357. The molecule has 1 fully saturated rings. The maximum atomic E-state index is 10.9. The highest BCUT2D eigenvalue weighted by molar-refractivity contribution is 9.10. The van der Waals surface area contributed by atoms with Crippen LogP contribution in [0.3, 0.4) is 0 Å². The molecular weight excluding hydrogens is 340 g/mol. The summed E-state index contributed by atoms with van der Waals surface area (Å²) in [6.45, 7) is 1.99. The molecule has 1 saturated heterocycles. The predicted molar refractivity (Wildman–Crippen MR) is 76.7 cm³/mol. The number of aryl methyl sites for hydroxylation is 1. The first-order valence-electron chi connectivity index (χ1n) is 6.53. The Morgan fingerprint density at radius 3 is 2.90 bits per heavy atom. The van der Waals surface area contributed by atoms with Crippen molar-refractivity contribution < 1.29 is 19.2 Å². The number of aromatic nitrogens is 2. The predicted octanol–water partition coefficient (Wildman–Crippen LogP) is 3.11. The highest BCUT2D eigenvalue weighted by Crippen LogP contribution is 2.34. The lowest BCUT2D eigenvalue weighted by Gasteiger charge is -2.05. The molecule has 6 nitrogen and oxygen atoms in total. The van der Waals surface area contributed by atoms with Gasteiger partial charge in [0.2, 0.25) is 5.82 Å². The van der Waals surface area contributed by atoms with Gasteiger partial charge in [-0.2, -0.15) is 4.98 Å². The van der Waals surface area contributed by atoms with Crippen LogP contribution in [0.1, 0.15) is 30.4 Å². The maximum absolute atomic E-state index is 10.9. The van der Waals surface area contributed by atoms with E-state index in [-0.39, 0.29) is 0 Å². The third kappa shape index (κ3) is 2.84. The maximum Gasteiger partial charge on any atom is 0.332 e. The molecule has 0 saturated carbocycles. The summed E-state index contributed by atoms with van der Waals surface area (Å²) in [6.07, 6.45) is -0.229. The molecule has 0 aliphatic carbocycles. The van der Waals surface area contributed by atoms with Gasteiger partial charge in [0.1, 0.15) is 6.10 Å². The molecule has 0 radical (unpaired) electrons. The second-order valence-electron chi connectivity index (χ2n) is 4.97. The number of hydrogen-bond donors (Lipinski definition) is 1. The Kier molecular flexibility index (Phi) is 3.77. The fourth-order valence-corrected chi connectivity index (χ4v) is 2.95. The molecule has 2 unspecified atom stereocenters. The summed E-state index contributed by atoms with van der Waals surface area (Å²) in [7, 11) is 0. The summed E-state index contributed by atoms with van der Waals surface area (Å²) in [4.78, 5) is 15.2. The number of rotatable bonds is 3. The van der Waals surface area contributed by atoms with Crippen LogP contribution in [-0.2, 0) is 9.53 Å². The minimum Gasteiger partial charge on any atom is -0.479 e. The van der Waals surface area contributed by atoms with Crippen molar-refractivity contribution in [1.29, 1.82) is 0 Å². The Morgan fingerprint density at radius 2 is 2.24 bits per heavy atom. The van der Waals surface area contributed by atoms with Crippen molar-refractivity contribution in [2.75, 3.05) is 0 Å². The van der Waals surface area contributed by atoms with Crippen molar-refractivity contribution in [3.05, 3.63) is 34.1 Å². The van der Waals surface area contributed by atoms with Gasteiger partial charge in [-0.1, -0.05) is 27.2 Å². The first-order chi connectivity index (χ1) is 10.0. The smallest absolute Gasteiger partial charge is 0.332 e. The Hall–Kier alpha value is -1.73. The second-order valence-corrected chi connectivity index (χ2v) is 5.82. The summed E-state index contributed by atoms with van der Waals surface area (Å²) >= 11 is 3.47. The van der Waals surface area contributed by atoms with Crippen LogP contribution in [0.25, 0.3) is 11.4 Å². The van der Waals surface area contributed by atoms with E-state index >= 15 is 0 Å². The van der Waals surface area contributed by atoms with Crippen LogP contribution in [0.15, 0.2) is 27.2 Å². The van der Waals surface area contributed by atoms with Gasteiger partial charge in [0.05, 0.1) is 0 Å². The highest BCUT2D eigenvalue weighted by Gasteiger charge is 2.34. The van der Waals surface area contributed by atoms with E-state index in [0.717, 1.165) is 15.6 Å². The van der Waals surface area contributed by atoms with Crippen molar-refractivity contribution in [3.8, 4) is 11.4 Å². The Labute approximate surface area is 129 Å². The molecule has 3 rings (SSSR count). The minimum absolute atomic E-state index is 0.321. The average Bonchev–Trinajstić information content (AvgIpc) is 3.07. The standard InChI is InChI=1S/C14H13BrN2O4/c1-7-2-3-8(9(15)6-7)12-16-13(21-17-12)10-4-5-11(20-10)14(18)19/h2-3,6,10-11H,4-5H2,1H3,(H,18,19). The van der Waals surface area contributed by atoms with Crippen LogP contribution in [0.4, 0.5) is 0 Å². The Bertz CT molecular complexity index is 685. The van der Waals surface area contributed by atoms with E-state index in [2.05, 4.69) is 26.1 Å². The zero-order chi connectivity index (χ0) is 15.0. The van der Waals surface area contributed by atoms with Gasteiger partial charge in [0.25, 0.3) is 5.89 Å². The van der Waals surface area contributed by atoms with Crippen molar-refractivity contribution in [1.82, 2.24) is 10.1 Å². The normalized spacial score (nSPS) is 21.6. The number of halogens is 1. The molecule has 2 atom stereocenters. The Morgan fingerprint density at radius 1 is 1.43 bits per heavy atom. The van der Waals surface area contributed by atoms with Crippen LogP contribution in [0.2, 0.25) is 0 Å². The van der Waals surface area contributed by atoms with Crippen LogP contribution in [0.5, 0.6) is 0 Å². The van der Waals surface area contributed by atoms with Crippen molar-refractivity contribution in [2.24, 2.45) is 0 Å². The number of nitrogens with zero attached hydrogens (tertiary/aromatic N) is 2. The zero-order valence-electron chi connectivity index (χ0n) is 11.2. The first-order valence-corrected chi connectivity index (χ1v) is 7.32. The van der Waals surface area contributed by atoms with Crippen LogP contribution >= 0.6 is 15.9 Å². The molecule has 110 valence electrons. The summed E-state index contributed by atoms with van der Waals surface area (Å²) < 4.78 is 11.5. The van der Waals surface area contributed by atoms with E-state index in [1.165, 1.54) is 0 Å². The van der Waals surface area contributed by atoms with E-state index in [1.807, 2.05) is 25.1 Å². The number of hydrogen-bond acceptors (Lipinski definition) is 5. The number of ether oxygens (including phenoxy) is 1. The van der Waals surface area contributed by atoms with Crippen molar-refractivity contribution in [2.45, 2.75) is 32.0 Å². The van der Waals surface area contributed by atoms with Crippen LogP contribution in [0, 0.1) is 6.92 Å². The molecule has 1 N–H and O–H groups in total. The second kappa shape index (κ2) is 5.57. The molecule has 0 spiro atoms. The van der Waals surface area contributed by atoms with Gasteiger partial charge < -0.3 is 14.4 Å². The lowest BCUT2D eigenvalue weighted by atomic mass is 10.1. The van der Waals surface area contributed by atoms with Crippen LogP contribution in [-0.4, -0.2) is 27.3 Å². The fourth-order valence-electron chi connectivity index (χ4n) is 2.28. The molecule has 21 heavy (non-hydrogen) atoms. The van der Waals surface area contributed by atoms with Gasteiger partial charge in [-0.25, -0.2) is 4.79 Å². The molecule has 1 aliphatic rings. The van der Waals surface area contributed by atoms with Crippen molar-refractivity contribution >= 4 is 21.9 Å².